The van der Waals surface area contributed by atoms with E-state index in [2.05, 4.69) is 5.32 Å². The van der Waals surface area contributed by atoms with Crippen molar-refractivity contribution in [2.45, 2.75) is 71.8 Å². The highest BCUT2D eigenvalue weighted by Gasteiger charge is 2.52. The van der Waals surface area contributed by atoms with Gasteiger partial charge in [-0.05, 0) is 71.6 Å². The summed E-state index contributed by atoms with van der Waals surface area (Å²) in [5, 5.41) is 2.70. The quantitative estimate of drug-likeness (QED) is 0.727. The third-order valence-electron chi connectivity index (χ3n) is 5.03. The highest BCUT2D eigenvalue weighted by molar-refractivity contribution is 6.56. The fourth-order valence-electron chi connectivity index (χ4n) is 2.72. The Kier molecular flexibility index (Phi) is 6.82. The number of hydrogen-bond acceptors (Lipinski definition) is 5. The number of halogens is 1. The molecule has 1 aromatic carbocycles. The summed E-state index contributed by atoms with van der Waals surface area (Å²) < 4.78 is 31.9. The normalized spacial score (nSPS) is 18.7. The van der Waals surface area contributed by atoms with Gasteiger partial charge in [0.05, 0.1) is 11.2 Å². The number of nitrogens with two attached hydrogens (primary N) is 1. The average molecular weight is 406 g/mol. The topological polar surface area (TPSA) is 82.8 Å². The highest BCUT2D eigenvalue weighted by atomic mass is 19.1. The lowest BCUT2D eigenvalue weighted by molar-refractivity contribution is 0.00578. The molecule has 1 aliphatic heterocycles. The van der Waals surface area contributed by atoms with Gasteiger partial charge in [-0.25, -0.2) is 9.18 Å². The van der Waals surface area contributed by atoms with E-state index in [-0.39, 0.29) is 6.54 Å². The molecule has 29 heavy (non-hydrogen) atoms. The van der Waals surface area contributed by atoms with Crippen molar-refractivity contribution in [1.29, 1.82) is 0 Å². The number of nitrogens with one attached hydrogen (secondary N) is 1. The molecule has 1 aromatic rings. The van der Waals surface area contributed by atoms with Crippen LogP contribution in [0.15, 0.2) is 23.7 Å². The van der Waals surface area contributed by atoms with Gasteiger partial charge < -0.3 is 25.1 Å². The first-order chi connectivity index (χ1) is 13.2. The number of benzene rings is 1. The van der Waals surface area contributed by atoms with Gasteiger partial charge >= 0.3 is 13.2 Å². The minimum Gasteiger partial charge on any atom is -0.444 e. The summed E-state index contributed by atoms with van der Waals surface area (Å²) in [7, 11) is -0.740. The second-order valence-electron chi connectivity index (χ2n) is 9.22. The monoisotopic (exact) mass is 406 g/mol. The van der Waals surface area contributed by atoms with E-state index in [1.54, 1.807) is 39.0 Å². The molecule has 0 bridgehead atoms. The van der Waals surface area contributed by atoms with Crippen molar-refractivity contribution in [2.75, 3.05) is 6.54 Å². The summed E-state index contributed by atoms with van der Waals surface area (Å²) >= 11 is 0. The maximum atomic E-state index is 14.4. The molecule has 3 N–H and O–H groups in total. The predicted molar refractivity (Wildman–Crippen MR) is 113 cm³/mol. The molecule has 1 saturated heterocycles. The van der Waals surface area contributed by atoms with Gasteiger partial charge in [0.1, 0.15) is 11.4 Å². The average Bonchev–Trinajstić information content (AvgIpc) is 2.79. The maximum absolute atomic E-state index is 14.4. The summed E-state index contributed by atoms with van der Waals surface area (Å²) in [5.74, 6) is -0.395. The van der Waals surface area contributed by atoms with E-state index in [1.807, 2.05) is 27.7 Å². The highest BCUT2D eigenvalue weighted by Crippen LogP contribution is 2.38. The first kappa shape index (κ1) is 23.4. The third-order valence-corrected chi connectivity index (χ3v) is 5.03. The molecule has 1 heterocycles. The van der Waals surface area contributed by atoms with Gasteiger partial charge in [0.15, 0.2) is 0 Å². The van der Waals surface area contributed by atoms with E-state index >= 15 is 0 Å². The van der Waals surface area contributed by atoms with Crippen LogP contribution in [0.4, 0.5) is 9.18 Å². The molecule has 1 amide bonds. The Morgan fingerprint density at radius 1 is 1.24 bits per heavy atom. The second kappa shape index (κ2) is 8.46. The van der Waals surface area contributed by atoms with Gasteiger partial charge in [0.2, 0.25) is 0 Å². The van der Waals surface area contributed by atoms with Crippen molar-refractivity contribution in [1.82, 2.24) is 5.32 Å². The lowest BCUT2D eigenvalue weighted by Gasteiger charge is -2.32. The Morgan fingerprint density at radius 3 is 2.34 bits per heavy atom. The molecular formula is C21H32BFN2O4. The summed E-state index contributed by atoms with van der Waals surface area (Å²) in [6.07, 6.45) is 1.06. The van der Waals surface area contributed by atoms with E-state index in [0.29, 0.717) is 17.6 Å². The Bertz CT molecular complexity index is 771. The number of alkyl carbamates (subject to hydrolysis) is 1. The number of carbonyl (C=O) groups excluding carboxylic acids is 1. The lowest BCUT2D eigenvalue weighted by Crippen LogP contribution is -2.41. The molecule has 1 fully saturated rings. The number of hydrogen-bond donors (Lipinski definition) is 2. The third kappa shape index (κ3) is 6.04. The van der Waals surface area contributed by atoms with Crippen molar-refractivity contribution in [3.05, 3.63) is 40.6 Å². The SMILES string of the molecule is CC(C)(C)OC(=O)NCC(=Cc1cc(CN)ccc1F)B1OC(C)(C)C(C)(C)O1. The molecule has 0 saturated carbocycles. The molecule has 160 valence electrons. The molecular weight excluding hydrogens is 374 g/mol. The Balaban J connectivity index is 2.33. The Morgan fingerprint density at radius 2 is 1.83 bits per heavy atom. The molecule has 1 aliphatic rings. The van der Waals surface area contributed by atoms with Crippen LogP contribution in [0.3, 0.4) is 0 Å². The fraction of sp³-hybridized carbons (Fsp3) is 0.571. The van der Waals surface area contributed by atoms with Crippen molar-refractivity contribution in [3.8, 4) is 0 Å². The van der Waals surface area contributed by atoms with Crippen LogP contribution in [0.1, 0.15) is 59.6 Å². The van der Waals surface area contributed by atoms with Crippen molar-refractivity contribution in [2.24, 2.45) is 5.73 Å². The van der Waals surface area contributed by atoms with E-state index in [1.165, 1.54) is 6.07 Å². The molecule has 6 nitrogen and oxygen atoms in total. The van der Waals surface area contributed by atoms with Crippen LogP contribution in [0, 0.1) is 5.82 Å². The summed E-state index contributed by atoms with van der Waals surface area (Å²) in [6.45, 7) is 13.5. The number of amides is 1. The van der Waals surface area contributed by atoms with Crippen LogP contribution >= 0.6 is 0 Å². The van der Waals surface area contributed by atoms with Crippen molar-refractivity contribution < 1.29 is 23.2 Å². The van der Waals surface area contributed by atoms with Crippen LogP contribution in [0.2, 0.25) is 0 Å². The second-order valence-corrected chi connectivity index (χ2v) is 9.22. The van der Waals surface area contributed by atoms with Gasteiger partial charge in [0, 0.05) is 18.7 Å². The van der Waals surface area contributed by atoms with Gasteiger partial charge in [-0.3, -0.25) is 0 Å². The van der Waals surface area contributed by atoms with Gasteiger partial charge in [-0.2, -0.15) is 0 Å². The summed E-state index contributed by atoms with van der Waals surface area (Å²) in [4.78, 5) is 12.1. The van der Waals surface area contributed by atoms with Gasteiger partial charge in [-0.15, -0.1) is 0 Å². The van der Waals surface area contributed by atoms with Crippen LogP contribution in [0.5, 0.6) is 0 Å². The zero-order chi connectivity index (χ0) is 22.0. The predicted octanol–water partition coefficient (Wildman–Crippen LogP) is 3.82. The van der Waals surface area contributed by atoms with Crippen LogP contribution < -0.4 is 11.1 Å². The van der Waals surface area contributed by atoms with Crippen molar-refractivity contribution in [3.63, 3.8) is 0 Å². The number of rotatable bonds is 5. The molecule has 0 unspecified atom stereocenters. The molecule has 0 radical (unpaired) electrons. The van der Waals surface area contributed by atoms with Crippen LogP contribution in [-0.4, -0.2) is 36.6 Å². The number of carbonyl (C=O) groups is 1. The molecule has 0 atom stereocenters. The number of ether oxygens (including phenoxy) is 1. The van der Waals surface area contributed by atoms with Gasteiger partial charge in [-0.1, -0.05) is 12.1 Å². The maximum Gasteiger partial charge on any atom is 0.492 e. The largest absolute Gasteiger partial charge is 0.492 e. The van der Waals surface area contributed by atoms with Crippen LogP contribution in [0.25, 0.3) is 6.08 Å². The van der Waals surface area contributed by atoms with Gasteiger partial charge in [0.25, 0.3) is 0 Å². The van der Waals surface area contributed by atoms with E-state index in [4.69, 9.17) is 19.8 Å². The fourth-order valence-corrected chi connectivity index (χ4v) is 2.72. The van der Waals surface area contributed by atoms with Crippen molar-refractivity contribution >= 4 is 19.3 Å². The van der Waals surface area contributed by atoms with E-state index in [0.717, 1.165) is 5.56 Å². The molecule has 0 aromatic heterocycles. The zero-order valence-electron chi connectivity index (χ0n) is 18.4. The summed E-state index contributed by atoms with van der Waals surface area (Å²) in [6, 6.07) is 4.69. The summed E-state index contributed by atoms with van der Waals surface area (Å²) in [5.41, 5.74) is 5.64. The smallest absolute Gasteiger partial charge is 0.444 e. The Labute approximate surface area is 173 Å². The first-order valence-electron chi connectivity index (χ1n) is 9.75. The van der Waals surface area contributed by atoms with E-state index < -0.39 is 35.8 Å². The zero-order valence-corrected chi connectivity index (χ0v) is 18.4. The molecule has 0 aliphatic carbocycles. The molecule has 8 heteroatoms. The lowest BCUT2D eigenvalue weighted by atomic mass is 9.77. The molecule has 0 spiro atoms. The van der Waals surface area contributed by atoms with Crippen LogP contribution in [-0.2, 0) is 20.6 Å². The Hall–Kier alpha value is -1.90. The van der Waals surface area contributed by atoms with E-state index in [9.17, 15) is 9.18 Å². The minimum absolute atomic E-state index is 0.0814. The standard InChI is InChI=1S/C21H32BFN2O4/c1-19(2,3)27-18(26)25-13-16(22-28-20(4,5)21(6,7)29-22)11-15-10-14(12-24)8-9-17(15)23/h8-11H,12-13,24H2,1-7H3,(H,25,26). The molecule has 2 rings (SSSR count). The first-order valence-corrected chi connectivity index (χ1v) is 9.75. The minimum atomic E-state index is -0.740.